The van der Waals surface area contributed by atoms with Crippen LogP contribution in [0, 0.1) is 5.92 Å². The van der Waals surface area contributed by atoms with Crippen molar-refractivity contribution < 1.29 is 8.42 Å². The van der Waals surface area contributed by atoms with Crippen molar-refractivity contribution in [3.8, 4) is 0 Å². The van der Waals surface area contributed by atoms with Crippen molar-refractivity contribution >= 4 is 15.5 Å². The van der Waals surface area contributed by atoms with Crippen molar-refractivity contribution in [2.75, 3.05) is 11.1 Å². The molecule has 0 aromatic heterocycles. The first-order valence-electron chi connectivity index (χ1n) is 8.13. The maximum atomic E-state index is 12.4. The van der Waals surface area contributed by atoms with E-state index in [9.17, 15) is 8.42 Å². The third kappa shape index (κ3) is 4.22. The predicted octanol–water partition coefficient (Wildman–Crippen LogP) is 4.25. The number of hydrogen-bond donors (Lipinski definition) is 1. The van der Waals surface area contributed by atoms with Gasteiger partial charge in [0, 0.05) is 6.04 Å². The topological polar surface area (TPSA) is 46.2 Å². The summed E-state index contributed by atoms with van der Waals surface area (Å²) in [6, 6.07) is 7.64. The van der Waals surface area contributed by atoms with Gasteiger partial charge >= 0.3 is 0 Å². The molecule has 1 saturated carbocycles. The summed E-state index contributed by atoms with van der Waals surface area (Å²) in [6.07, 6.45) is 7.08. The Bertz CT molecular complexity index is 548. The second-order valence-corrected chi connectivity index (χ2v) is 8.22. The van der Waals surface area contributed by atoms with E-state index in [2.05, 4.69) is 12.2 Å². The lowest BCUT2D eigenvalue weighted by molar-refractivity contribution is 0.328. The Morgan fingerprint density at radius 1 is 1.19 bits per heavy atom. The van der Waals surface area contributed by atoms with E-state index >= 15 is 0 Å². The van der Waals surface area contributed by atoms with Crippen molar-refractivity contribution in [1.82, 2.24) is 0 Å². The number of nitrogens with one attached hydrogen (secondary N) is 1. The van der Waals surface area contributed by atoms with Crippen molar-refractivity contribution in [3.05, 3.63) is 24.3 Å². The number of rotatable bonds is 6. The first-order chi connectivity index (χ1) is 10.0. The molecule has 1 N–H and O–H groups in total. The summed E-state index contributed by atoms with van der Waals surface area (Å²) < 4.78 is 24.7. The molecular formula is C17H27NO2S. The zero-order valence-electron chi connectivity index (χ0n) is 13.1. The lowest BCUT2D eigenvalue weighted by Gasteiger charge is -2.29. The van der Waals surface area contributed by atoms with Crippen LogP contribution in [0.3, 0.4) is 0 Å². The van der Waals surface area contributed by atoms with Crippen molar-refractivity contribution in [1.29, 1.82) is 0 Å². The van der Waals surface area contributed by atoms with Gasteiger partial charge in [0.15, 0.2) is 9.84 Å². The van der Waals surface area contributed by atoms with Gasteiger partial charge in [-0.15, -0.1) is 0 Å². The molecule has 1 aliphatic rings. The average Bonchev–Trinajstić information content (AvgIpc) is 2.48. The van der Waals surface area contributed by atoms with Gasteiger partial charge in [0.1, 0.15) is 0 Å². The molecule has 1 unspecified atom stereocenters. The lowest BCUT2D eigenvalue weighted by Crippen LogP contribution is -2.28. The molecule has 0 bridgehead atoms. The van der Waals surface area contributed by atoms with E-state index in [0.717, 1.165) is 5.69 Å². The van der Waals surface area contributed by atoms with Crippen LogP contribution in [0.2, 0.25) is 0 Å². The molecule has 1 aromatic rings. The molecule has 118 valence electrons. The van der Waals surface area contributed by atoms with Gasteiger partial charge in [-0.1, -0.05) is 38.3 Å². The van der Waals surface area contributed by atoms with Crippen LogP contribution in [0.15, 0.2) is 29.2 Å². The fraction of sp³-hybridized carbons (Fsp3) is 0.647. The van der Waals surface area contributed by atoms with Crippen LogP contribution in [0.4, 0.5) is 5.69 Å². The molecule has 0 amide bonds. The number of hydrogen-bond acceptors (Lipinski definition) is 3. The van der Waals surface area contributed by atoms with Gasteiger partial charge in [0.25, 0.3) is 0 Å². The van der Waals surface area contributed by atoms with E-state index in [1.54, 1.807) is 12.1 Å². The monoisotopic (exact) mass is 309 g/mol. The summed E-state index contributed by atoms with van der Waals surface area (Å²) in [5.74, 6) is 0.865. The largest absolute Gasteiger partial charge is 0.381 e. The zero-order valence-corrected chi connectivity index (χ0v) is 14.0. The molecule has 0 spiro atoms. The fourth-order valence-corrected chi connectivity index (χ4v) is 4.74. The van der Waals surface area contributed by atoms with Crippen LogP contribution in [-0.4, -0.2) is 20.2 Å². The van der Waals surface area contributed by atoms with E-state index in [4.69, 9.17) is 0 Å². The standard InChI is InChI=1S/C17H27NO2S/c1-3-13-21(19,20)17-12-8-7-11-16(17)18-14(2)15-9-5-4-6-10-15/h7-8,11-12,14-15,18H,3-6,9-10,13H2,1-2H3. The van der Waals surface area contributed by atoms with Crippen LogP contribution in [-0.2, 0) is 9.84 Å². The van der Waals surface area contributed by atoms with Crippen LogP contribution in [0.5, 0.6) is 0 Å². The Hall–Kier alpha value is -1.03. The van der Waals surface area contributed by atoms with Gasteiger partial charge in [-0.3, -0.25) is 0 Å². The fourth-order valence-electron chi connectivity index (χ4n) is 3.23. The molecule has 0 radical (unpaired) electrons. The molecule has 3 nitrogen and oxygen atoms in total. The van der Waals surface area contributed by atoms with Gasteiger partial charge in [-0.05, 0) is 44.2 Å². The Labute approximate surface area is 129 Å². The zero-order chi connectivity index (χ0) is 15.3. The molecule has 1 atom stereocenters. The minimum absolute atomic E-state index is 0.212. The van der Waals surface area contributed by atoms with Crippen LogP contribution < -0.4 is 5.32 Å². The number of para-hydroxylation sites is 1. The second-order valence-electron chi connectivity index (χ2n) is 6.15. The Morgan fingerprint density at radius 3 is 2.52 bits per heavy atom. The highest BCUT2D eigenvalue weighted by Crippen LogP contribution is 2.30. The van der Waals surface area contributed by atoms with Gasteiger partial charge in [0.2, 0.25) is 0 Å². The SMILES string of the molecule is CCCS(=O)(=O)c1ccccc1NC(C)C1CCCCC1. The highest BCUT2D eigenvalue weighted by molar-refractivity contribution is 7.91. The molecule has 1 fully saturated rings. The Kier molecular flexibility index (Phi) is 5.68. The molecule has 0 heterocycles. The van der Waals surface area contributed by atoms with E-state index in [1.165, 1.54) is 32.1 Å². The average molecular weight is 309 g/mol. The second kappa shape index (κ2) is 7.30. The third-order valence-electron chi connectivity index (χ3n) is 4.44. The molecule has 21 heavy (non-hydrogen) atoms. The quantitative estimate of drug-likeness (QED) is 0.854. The number of anilines is 1. The van der Waals surface area contributed by atoms with Crippen LogP contribution in [0.1, 0.15) is 52.4 Å². The molecule has 0 saturated heterocycles. The summed E-state index contributed by atoms with van der Waals surface area (Å²) in [5, 5.41) is 3.47. The van der Waals surface area contributed by atoms with Crippen LogP contribution in [0.25, 0.3) is 0 Å². The van der Waals surface area contributed by atoms with E-state index in [-0.39, 0.29) is 5.75 Å². The molecule has 4 heteroatoms. The molecule has 1 aliphatic carbocycles. The van der Waals surface area contributed by atoms with E-state index in [1.807, 2.05) is 19.1 Å². The third-order valence-corrected chi connectivity index (χ3v) is 6.41. The van der Waals surface area contributed by atoms with Crippen molar-refractivity contribution in [2.45, 2.75) is 63.3 Å². The first kappa shape index (κ1) is 16.3. The van der Waals surface area contributed by atoms with Gasteiger partial charge < -0.3 is 5.32 Å². The highest BCUT2D eigenvalue weighted by Gasteiger charge is 2.23. The van der Waals surface area contributed by atoms with Gasteiger partial charge in [0.05, 0.1) is 16.3 Å². The number of sulfone groups is 1. The Balaban J connectivity index is 2.16. The summed E-state index contributed by atoms with van der Waals surface area (Å²) in [4.78, 5) is 0.453. The molecule has 0 aliphatic heterocycles. The normalized spacial score (nSPS) is 18.4. The summed E-state index contributed by atoms with van der Waals surface area (Å²) in [5.41, 5.74) is 0.768. The minimum Gasteiger partial charge on any atom is -0.381 e. The number of benzene rings is 1. The summed E-state index contributed by atoms with van der Waals surface area (Å²) >= 11 is 0. The smallest absolute Gasteiger partial charge is 0.180 e. The van der Waals surface area contributed by atoms with Crippen LogP contribution >= 0.6 is 0 Å². The minimum atomic E-state index is -3.18. The molecule has 2 rings (SSSR count). The maximum absolute atomic E-state index is 12.4. The van der Waals surface area contributed by atoms with E-state index in [0.29, 0.717) is 23.3 Å². The van der Waals surface area contributed by atoms with Gasteiger partial charge in [-0.25, -0.2) is 8.42 Å². The molecular weight excluding hydrogens is 282 g/mol. The van der Waals surface area contributed by atoms with E-state index < -0.39 is 9.84 Å². The molecule has 1 aromatic carbocycles. The first-order valence-corrected chi connectivity index (χ1v) is 9.78. The predicted molar refractivity (Wildman–Crippen MR) is 88.4 cm³/mol. The summed E-state index contributed by atoms with van der Waals surface area (Å²) in [7, 11) is -3.18. The summed E-state index contributed by atoms with van der Waals surface area (Å²) in [6.45, 7) is 4.08. The highest BCUT2D eigenvalue weighted by atomic mass is 32.2. The Morgan fingerprint density at radius 2 is 1.86 bits per heavy atom. The maximum Gasteiger partial charge on any atom is 0.180 e. The lowest BCUT2D eigenvalue weighted by atomic mass is 9.84. The van der Waals surface area contributed by atoms with Crippen molar-refractivity contribution in [3.63, 3.8) is 0 Å². The van der Waals surface area contributed by atoms with Crippen molar-refractivity contribution in [2.24, 2.45) is 5.92 Å². The van der Waals surface area contributed by atoms with Gasteiger partial charge in [-0.2, -0.15) is 0 Å².